The van der Waals surface area contributed by atoms with Crippen LogP contribution in [0.15, 0.2) is 152 Å². The average molecular weight is 771 g/mol. The summed E-state index contributed by atoms with van der Waals surface area (Å²) < 4.78 is 23.7. The molecule has 0 saturated heterocycles. The SMILES string of the molecule is C=C(C(=O)O)C(OC(N)=O)C(COc1ccccc1-c1ccccc1)c1ccc(C)c(C(COc2ccccc2-c2ccccc2)C(OC(N)=O)C(=C)C(=O)O)c1. The predicted octanol–water partition coefficient (Wildman–Crippen LogP) is 7.86. The van der Waals surface area contributed by atoms with Crippen molar-refractivity contribution in [2.24, 2.45) is 11.5 Å². The van der Waals surface area contributed by atoms with Gasteiger partial charge in [-0.05, 0) is 46.9 Å². The number of hydrogen-bond acceptors (Lipinski definition) is 8. The van der Waals surface area contributed by atoms with E-state index in [0.717, 1.165) is 22.3 Å². The van der Waals surface area contributed by atoms with Gasteiger partial charge in [0.05, 0.1) is 36.2 Å². The molecule has 292 valence electrons. The number of nitrogens with two attached hydrogens (primary N) is 2. The van der Waals surface area contributed by atoms with Crippen LogP contribution in [-0.2, 0) is 19.1 Å². The van der Waals surface area contributed by atoms with Gasteiger partial charge in [-0.3, -0.25) is 0 Å². The Morgan fingerprint density at radius 2 is 0.982 bits per heavy atom. The molecule has 4 unspecified atom stereocenters. The Morgan fingerprint density at radius 3 is 1.42 bits per heavy atom. The van der Waals surface area contributed by atoms with E-state index in [4.69, 9.17) is 30.4 Å². The third-order valence-electron chi connectivity index (χ3n) is 9.36. The minimum Gasteiger partial charge on any atom is -0.492 e. The first-order chi connectivity index (χ1) is 27.3. The van der Waals surface area contributed by atoms with Crippen LogP contribution < -0.4 is 20.9 Å². The summed E-state index contributed by atoms with van der Waals surface area (Å²) in [6.07, 6.45) is -5.56. The number of primary amides is 2. The molecule has 5 aromatic carbocycles. The minimum absolute atomic E-state index is 0.243. The average Bonchev–Trinajstić information content (AvgIpc) is 3.21. The maximum atomic E-state index is 12.4. The monoisotopic (exact) mass is 770 g/mol. The summed E-state index contributed by atoms with van der Waals surface area (Å²) in [4.78, 5) is 49.4. The van der Waals surface area contributed by atoms with Crippen molar-refractivity contribution < 1.29 is 48.3 Å². The highest BCUT2D eigenvalue weighted by Crippen LogP contribution is 2.38. The number of ether oxygens (including phenoxy) is 4. The lowest BCUT2D eigenvalue weighted by atomic mass is 9.82. The van der Waals surface area contributed by atoms with Gasteiger partial charge in [0.25, 0.3) is 0 Å². The molecule has 12 nitrogen and oxygen atoms in total. The molecule has 4 atom stereocenters. The fourth-order valence-electron chi connectivity index (χ4n) is 6.53. The number of carbonyl (C=O) groups is 4. The number of para-hydroxylation sites is 2. The van der Waals surface area contributed by atoms with Crippen LogP contribution in [0.25, 0.3) is 22.3 Å². The van der Waals surface area contributed by atoms with E-state index in [9.17, 15) is 29.4 Å². The molecule has 2 amide bonds. The van der Waals surface area contributed by atoms with Crippen LogP contribution in [0.4, 0.5) is 9.59 Å². The highest BCUT2D eigenvalue weighted by molar-refractivity contribution is 5.88. The van der Waals surface area contributed by atoms with Crippen molar-refractivity contribution in [1.82, 2.24) is 0 Å². The van der Waals surface area contributed by atoms with Gasteiger partial charge in [0, 0.05) is 11.1 Å². The third-order valence-corrected chi connectivity index (χ3v) is 9.36. The maximum Gasteiger partial charge on any atom is 0.405 e. The van der Waals surface area contributed by atoms with E-state index in [1.54, 1.807) is 49.4 Å². The van der Waals surface area contributed by atoms with Crippen LogP contribution in [-0.4, -0.2) is 59.8 Å². The van der Waals surface area contributed by atoms with Crippen LogP contribution in [0.5, 0.6) is 11.5 Å². The van der Waals surface area contributed by atoms with Crippen LogP contribution in [0.3, 0.4) is 0 Å². The quantitative estimate of drug-likeness (QED) is 0.0636. The minimum atomic E-state index is -1.53. The van der Waals surface area contributed by atoms with E-state index in [-0.39, 0.29) is 13.2 Å². The number of amides is 2. The summed E-state index contributed by atoms with van der Waals surface area (Å²) in [6, 6.07) is 38.5. The Balaban J connectivity index is 1.64. The number of rotatable bonds is 18. The van der Waals surface area contributed by atoms with Crippen LogP contribution in [0.2, 0.25) is 0 Å². The van der Waals surface area contributed by atoms with Crippen molar-refractivity contribution in [3.05, 3.63) is 168 Å². The fraction of sp³-hybridized carbons (Fsp3) is 0.156. The Labute approximate surface area is 329 Å². The standard InChI is InChI=1S/C45H42N2O10/c1-27-22-23-32(36(40(56-44(46)52)28(2)42(48)49)25-54-38-20-12-10-18-33(38)30-14-6-4-7-15-30)24-35(27)37(41(57-45(47)53)29(3)43(50)51)26-55-39-21-13-11-19-34(39)31-16-8-5-9-17-31/h4-24,36-37,40-41H,2-3,25-26H2,1H3,(H2,46,52)(H2,47,53)(H,48,49)(H,50,51). The topological polar surface area (TPSA) is 198 Å². The number of hydrogen-bond donors (Lipinski definition) is 4. The number of carboxylic acid groups (broad SMARTS) is 2. The van der Waals surface area contributed by atoms with Crippen molar-refractivity contribution >= 4 is 24.1 Å². The van der Waals surface area contributed by atoms with Crippen molar-refractivity contribution in [2.45, 2.75) is 31.0 Å². The van der Waals surface area contributed by atoms with E-state index >= 15 is 0 Å². The highest BCUT2D eigenvalue weighted by atomic mass is 16.6. The van der Waals surface area contributed by atoms with E-state index in [1.807, 2.05) is 84.9 Å². The number of carbonyl (C=O) groups excluding carboxylic acids is 2. The summed E-state index contributed by atoms with van der Waals surface area (Å²) in [5.74, 6) is -4.08. The molecule has 0 aliphatic carbocycles. The molecule has 0 fully saturated rings. The molecule has 0 radical (unpaired) electrons. The highest BCUT2D eigenvalue weighted by Gasteiger charge is 2.37. The second kappa shape index (κ2) is 18.8. The van der Waals surface area contributed by atoms with Gasteiger partial charge in [-0.25, -0.2) is 19.2 Å². The Kier molecular flexibility index (Phi) is 13.5. The van der Waals surface area contributed by atoms with Crippen molar-refractivity contribution in [2.75, 3.05) is 13.2 Å². The van der Waals surface area contributed by atoms with Gasteiger partial charge in [0.1, 0.15) is 23.7 Å². The molecule has 0 aliphatic rings. The van der Waals surface area contributed by atoms with Gasteiger partial charge in [0.2, 0.25) is 0 Å². The summed E-state index contributed by atoms with van der Waals surface area (Å²) in [5.41, 5.74) is 14.6. The second-order valence-electron chi connectivity index (χ2n) is 13.1. The van der Waals surface area contributed by atoms with Crippen molar-refractivity contribution in [3.8, 4) is 33.8 Å². The normalized spacial score (nSPS) is 12.9. The summed E-state index contributed by atoms with van der Waals surface area (Å²) in [7, 11) is 0. The first-order valence-electron chi connectivity index (χ1n) is 17.8. The third kappa shape index (κ3) is 10.3. The van der Waals surface area contributed by atoms with Crippen LogP contribution in [0, 0.1) is 6.92 Å². The number of aryl methyl sites for hydroxylation is 1. The van der Waals surface area contributed by atoms with Crippen LogP contribution in [0.1, 0.15) is 28.5 Å². The molecule has 0 saturated carbocycles. The largest absolute Gasteiger partial charge is 0.492 e. The van der Waals surface area contributed by atoms with Crippen molar-refractivity contribution in [1.29, 1.82) is 0 Å². The zero-order valence-electron chi connectivity index (χ0n) is 31.1. The van der Waals surface area contributed by atoms with Gasteiger partial charge in [-0.2, -0.15) is 0 Å². The van der Waals surface area contributed by atoms with Crippen molar-refractivity contribution in [3.63, 3.8) is 0 Å². The maximum absolute atomic E-state index is 12.4. The Bertz CT molecular complexity index is 2260. The predicted molar refractivity (Wildman–Crippen MR) is 214 cm³/mol. The molecule has 0 aliphatic heterocycles. The first-order valence-corrected chi connectivity index (χ1v) is 17.8. The zero-order chi connectivity index (χ0) is 41.1. The van der Waals surface area contributed by atoms with E-state index in [0.29, 0.717) is 28.2 Å². The number of aliphatic carboxylic acids is 2. The second-order valence-corrected chi connectivity index (χ2v) is 13.1. The number of benzene rings is 5. The summed E-state index contributed by atoms with van der Waals surface area (Å²) >= 11 is 0. The Morgan fingerprint density at radius 1 is 0.579 bits per heavy atom. The fourth-order valence-corrected chi connectivity index (χ4v) is 6.53. The Hall–Kier alpha value is -7.34. The summed E-state index contributed by atoms with van der Waals surface area (Å²) in [5, 5.41) is 20.2. The van der Waals surface area contributed by atoms with Gasteiger partial charge in [-0.1, -0.05) is 128 Å². The molecule has 57 heavy (non-hydrogen) atoms. The zero-order valence-corrected chi connectivity index (χ0v) is 31.1. The van der Waals surface area contributed by atoms with Crippen LogP contribution >= 0.6 is 0 Å². The summed E-state index contributed by atoms with van der Waals surface area (Å²) in [6.45, 7) is 8.66. The molecule has 5 rings (SSSR count). The van der Waals surface area contributed by atoms with Gasteiger partial charge in [-0.15, -0.1) is 0 Å². The molecular formula is C45H42N2O10. The molecule has 12 heteroatoms. The molecule has 0 bridgehead atoms. The lowest BCUT2D eigenvalue weighted by molar-refractivity contribution is -0.135. The van der Waals surface area contributed by atoms with Gasteiger partial charge in [0.15, 0.2) is 0 Å². The molecule has 0 spiro atoms. The molecule has 0 heterocycles. The lowest BCUT2D eigenvalue weighted by Gasteiger charge is -2.31. The number of carboxylic acids is 2. The van der Waals surface area contributed by atoms with E-state index < -0.39 is 59.3 Å². The van der Waals surface area contributed by atoms with Gasteiger partial charge >= 0.3 is 24.1 Å². The van der Waals surface area contributed by atoms with Gasteiger partial charge < -0.3 is 40.6 Å². The molecular weight excluding hydrogens is 728 g/mol. The lowest BCUT2D eigenvalue weighted by Crippen LogP contribution is -2.36. The van der Waals surface area contributed by atoms with E-state index in [2.05, 4.69) is 13.2 Å². The molecule has 0 aromatic heterocycles. The first kappa shape index (κ1) is 40.8. The smallest absolute Gasteiger partial charge is 0.405 e. The molecule has 6 N–H and O–H groups in total. The molecule has 5 aromatic rings. The van der Waals surface area contributed by atoms with E-state index in [1.165, 1.54) is 0 Å².